The van der Waals surface area contributed by atoms with E-state index < -0.39 is 18.0 Å². The molecular weight excluding hydrogens is 206 g/mol. The van der Waals surface area contributed by atoms with Crippen LogP contribution in [0.5, 0.6) is 0 Å². The number of nitrogens with zero attached hydrogens (tertiary/aromatic N) is 1. The van der Waals surface area contributed by atoms with Crippen LogP contribution >= 0.6 is 0 Å². The molecule has 0 aromatic heterocycles. The summed E-state index contributed by atoms with van der Waals surface area (Å²) in [6, 6.07) is 0. The lowest BCUT2D eigenvalue weighted by atomic mass is 10.2. The van der Waals surface area contributed by atoms with E-state index in [1.54, 1.807) is 0 Å². The second kappa shape index (κ2) is 3.95. The van der Waals surface area contributed by atoms with Gasteiger partial charge in [-0.05, 0) is 5.23 Å². The SMILES string of the molecule is O=C1CCOC1C(=O)ON1OCCC1=O. The summed E-state index contributed by atoms with van der Waals surface area (Å²) in [6.45, 7) is 0.374. The standard InChI is InChI=1S/C8H9NO6/c10-5-1-3-13-7(5)8(12)15-9-6(11)2-4-14-9/h7H,1-4H2. The number of hydrogen-bond acceptors (Lipinski definition) is 6. The maximum Gasteiger partial charge on any atom is 0.371 e. The molecule has 0 aliphatic carbocycles. The van der Waals surface area contributed by atoms with Crippen LogP contribution in [-0.4, -0.2) is 42.2 Å². The quantitative estimate of drug-likeness (QED) is 0.547. The first-order valence-corrected chi connectivity index (χ1v) is 4.50. The van der Waals surface area contributed by atoms with Gasteiger partial charge < -0.3 is 9.57 Å². The second-order valence-electron chi connectivity index (χ2n) is 3.11. The Kier molecular flexibility index (Phi) is 2.65. The van der Waals surface area contributed by atoms with Crippen molar-refractivity contribution in [3.63, 3.8) is 0 Å². The maximum absolute atomic E-state index is 11.3. The fourth-order valence-corrected chi connectivity index (χ4v) is 1.29. The summed E-state index contributed by atoms with van der Waals surface area (Å²) < 4.78 is 4.85. The van der Waals surface area contributed by atoms with Crippen LogP contribution in [0.1, 0.15) is 12.8 Å². The number of Topliss-reactive ketones (excluding diaryl/α,β-unsaturated/α-hetero) is 1. The Labute approximate surface area is 84.8 Å². The zero-order valence-corrected chi connectivity index (χ0v) is 7.80. The topological polar surface area (TPSA) is 82.1 Å². The van der Waals surface area contributed by atoms with E-state index >= 15 is 0 Å². The molecule has 7 heteroatoms. The molecule has 2 saturated heterocycles. The molecule has 15 heavy (non-hydrogen) atoms. The monoisotopic (exact) mass is 215 g/mol. The van der Waals surface area contributed by atoms with Crippen LogP contribution in [0.25, 0.3) is 0 Å². The van der Waals surface area contributed by atoms with Crippen LogP contribution in [-0.2, 0) is 28.8 Å². The van der Waals surface area contributed by atoms with Crippen molar-refractivity contribution in [2.24, 2.45) is 0 Å². The van der Waals surface area contributed by atoms with Gasteiger partial charge in [-0.3, -0.25) is 9.59 Å². The van der Waals surface area contributed by atoms with Gasteiger partial charge in [-0.1, -0.05) is 0 Å². The molecule has 2 heterocycles. The highest BCUT2D eigenvalue weighted by Gasteiger charge is 2.37. The second-order valence-corrected chi connectivity index (χ2v) is 3.11. The van der Waals surface area contributed by atoms with E-state index in [2.05, 4.69) is 4.84 Å². The highest BCUT2D eigenvalue weighted by atomic mass is 17.0. The Morgan fingerprint density at radius 1 is 1.33 bits per heavy atom. The number of amides is 1. The summed E-state index contributed by atoms with van der Waals surface area (Å²) >= 11 is 0. The molecule has 1 amide bonds. The third-order valence-corrected chi connectivity index (χ3v) is 2.04. The molecule has 0 spiro atoms. The minimum absolute atomic E-state index is 0.159. The molecular formula is C8H9NO6. The van der Waals surface area contributed by atoms with Crippen molar-refractivity contribution in [1.82, 2.24) is 5.23 Å². The third kappa shape index (κ3) is 1.97. The van der Waals surface area contributed by atoms with Crippen LogP contribution in [0.3, 0.4) is 0 Å². The summed E-state index contributed by atoms with van der Waals surface area (Å²) in [5.74, 6) is -1.70. The van der Waals surface area contributed by atoms with E-state index in [1.807, 2.05) is 0 Å². The van der Waals surface area contributed by atoms with Crippen molar-refractivity contribution >= 4 is 17.7 Å². The molecule has 0 N–H and O–H groups in total. The van der Waals surface area contributed by atoms with E-state index in [1.165, 1.54) is 0 Å². The first-order chi connectivity index (χ1) is 7.18. The molecule has 2 aliphatic heterocycles. The van der Waals surface area contributed by atoms with Gasteiger partial charge in [0.05, 0.1) is 19.6 Å². The Morgan fingerprint density at radius 2 is 2.13 bits per heavy atom. The van der Waals surface area contributed by atoms with Crippen LogP contribution in [0.15, 0.2) is 0 Å². The number of rotatable bonds is 2. The number of ether oxygens (including phenoxy) is 1. The van der Waals surface area contributed by atoms with Gasteiger partial charge >= 0.3 is 5.97 Å². The molecule has 1 unspecified atom stereocenters. The van der Waals surface area contributed by atoms with E-state index in [0.717, 1.165) is 0 Å². The molecule has 0 aromatic rings. The smallest absolute Gasteiger partial charge is 0.359 e. The van der Waals surface area contributed by atoms with Gasteiger partial charge in [0.15, 0.2) is 5.78 Å². The van der Waals surface area contributed by atoms with E-state index in [0.29, 0.717) is 5.23 Å². The molecule has 2 rings (SSSR count). The molecule has 0 radical (unpaired) electrons. The number of hydroxylamine groups is 2. The summed E-state index contributed by atoms with van der Waals surface area (Å²) in [7, 11) is 0. The molecule has 82 valence electrons. The summed E-state index contributed by atoms with van der Waals surface area (Å²) in [5, 5.41) is 0.497. The minimum Gasteiger partial charge on any atom is -0.359 e. The Balaban J connectivity index is 1.91. The van der Waals surface area contributed by atoms with Gasteiger partial charge in [0.2, 0.25) is 6.10 Å². The normalized spacial score (nSPS) is 26.1. The van der Waals surface area contributed by atoms with Gasteiger partial charge in [0.25, 0.3) is 5.91 Å². The fourth-order valence-electron chi connectivity index (χ4n) is 1.29. The summed E-state index contributed by atoms with van der Waals surface area (Å²) in [4.78, 5) is 42.7. The van der Waals surface area contributed by atoms with Crippen molar-refractivity contribution < 1.29 is 28.8 Å². The largest absolute Gasteiger partial charge is 0.371 e. The number of carbonyl (C=O) groups is 3. The van der Waals surface area contributed by atoms with Gasteiger partial charge in [-0.2, -0.15) is 0 Å². The summed E-state index contributed by atoms with van der Waals surface area (Å²) in [5.41, 5.74) is 0. The third-order valence-electron chi connectivity index (χ3n) is 2.04. The Hall–Kier alpha value is -1.47. The van der Waals surface area contributed by atoms with Crippen LogP contribution in [0, 0.1) is 0 Å². The van der Waals surface area contributed by atoms with Crippen molar-refractivity contribution in [3.05, 3.63) is 0 Å². The molecule has 0 aromatic carbocycles. The Bertz CT molecular complexity index is 314. The first-order valence-electron chi connectivity index (χ1n) is 4.50. The fraction of sp³-hybridized carbons (Fsp3) is 0.625. The number of ketones is 1. The van der Waals surface area contributed by atoms with Crippen LogP contribution < -0.4 is 0 Å². The lowest BCUT2D eigenvalue weighted by Gasteiger charge is -2.14. The minimum atomic E-state index is -1.22. The zero-order valence-electron chi connectivity index (χ0n) is 7.80. The molecule has 2 fully saturated rings. The van der Waals surface area contributed by atoms with E-state index in [-0.39, 0.29) is 31.8 Å². The van der Waals surface area contributed by atoms with Gasteiger partial charge in [0.1, 0.15) is 0 Å². The lowest BCUT2D eigenvalue weighted by molar-refractivity contribution is -0.305. The average molecular weight is 215 g/mol. The maximum atomic E-state index is 11.3. The van der Waals surface area contributed by atoms with Gasteiger partial charge in [-0.25, -0.2) is 9.63 Å². The first kappa shape index (κ1) is 10.1. The summed E-state index contributed by atoms with van der Waals surface area (Å²) in [6.07, 6.45) is -0.872. The molecule has 0 bridgehead atoms. The van der Waals surface area contributed by atoms with E-state index in [4.69, 9.17) is 9.57 Å². The molecule has 1 atom stereocenters. The number of carbonyl (C=O) groups excluding carboxylic acids is 3. The Morgan fingerprint density at radius 3 is 2.67 bits per heavy atom. The zero-order chi connectivity index (χ0) is 10.8. The van der Waals surface area contributed by atoms with Crippen molar-refractivity contribution in [2.75, 3.05) is 13.2 Å². The van der Waals surface area contributed by atoms with E-state index in [9.17, 15) is 14.4 Å². The highest BCUT2D eigenvalue weighted by Crippen LogP contribution is 2.13. The van der Waals surface area contributed by atoms with Crippen LogP contribution in [0.4, 0.5) is 0 Å². The highest BCUT2D eigenvalue weighted by molar-refractivity contribution is 6.03. The van der Waals surface area contributed by atoms with Crippen LogP contribution in [0.2, 0.25) is 0 Å². The van der Waals surface area contributed by atoms with Gasteiger partial charge in [0, 0.05) is 6.42 Å². The average Bonchev–Trinajstić information content (AvgIpc) is 2.76. The van der Waals surface area contributed by atoms with Crippen molar-refractivity contribution in [3.8, 4) is 0 Å². The molecule has 7 nitrogen and oxygen atoms in total. The van der Waals surface area contributed by atoms with Gasteiger partial charge in [-0.15, -0.1) is 0 Å². The van der Waals surface area contributed by atoms with Crippen molar-refractivity contribution in [1.29, 1.82) is 0 Å². The van der Waals surface area contributed by atoms with Crippen molar-refractivity contribution in [2.45, 2.75) is 18.9 Å². The molecule has 2 aliphatic rings. The molecule has 0 saturated carbocycles. The lowest BCUT2D eigenvalue weighted by Crippen LogP contribution is -2.36. The predicted octanol–water partition coefficient (Wildman–Crippen LogP) is -1.03. The number of hydrogen-bond donors (Lipinski definition) is 0. The predicted molar refractivity (Wildman–Crippen MR) is 42.9 cm³/mol.